The maximum absolute atomic E-state index is 12.4. The number of methoxy groups -OCH3 is 2. The van der Waals surface area contributed by atoms with Crippen molar-refractivity contribution in [2.24, 2.45) is 0 Å². The number of carbonyl (C=O) groups excluding carboxylic acids is 2. The first kappa shape index (κ1) is 15.2. The molecule has 2 rings (SSSR count). The summed E-state index contributed by atoms with van der Waals surface area (Å²) in [4.78, 5) is 25.5. The van der Waals surface area contributed by atoms with Gasteiger partial charge in [0.1, 0.15) is 11.3 Å². The van der Waals surface area contributed by atoms with Crippen LogP contribution in [0.1, 0.15) is 18.9 Å². The largest absolute Gasteiger partial charge is 0.497 e. The number of ether oxygens (including phenoxy) is 2. The lowest BCUT2D eigenvalue weighted by Gasteiger charge is -2.24. The van der Waals surface area contributed by atoms with Crippen LogP contribution in [0.4, 0.5) is 4.79 Å². The number of amides is 2. The molecule has 1 N–H and O–H groups in total. The van der Waals surface area contributed by atoms with E-state index >= 15 is 0 Å². The number of nitrogens with one attached hydrogen (secondary N) is 1. The van der Waals surface area contributed by atoms with Crippen molar-refractivity contribution in [2.75, 3.05) is 20.8 Å². The fourth-order valence-electron chi connectivity index (χ4n) is 2.41. The van der Waals surface area contributed by atoms with Crippen LogP contribution >= 0.6 is 0 Å². The molecule has 0 spiro atoms. The lowest BCUT2D eigenvalue weighted by molar-refractivity contribution is -0.133. The van der Waals surface area contributed by atoms with Crippen molar-refractivity contribution in [1.82, 2.24) is 10.2 Å². The van der Waals surface area contributed by atoms with Crippen molar-refractivity contribution in [3.63, 3.8) is 0 Å². The van der Waals surface area contributed by atoms with E-state index in [9.17, 15) is 9.59 Å². The maximum Gasteiger partial charge on any atom is 0.407 e. The molecule has 1 saturated heterocycles. The molecule has 0 saturated carbocycles. The molecule has 1 fully saturated rings. The lowest BCUT2D eigenvalue weighted by atomic mass is 10.0. The van der Waals surface area contributed by atoms with Crippen LogP contribution in [0.5, 0.6) is 5.75 Å². The normalized spacial score (nSPS) is 21.3. The van der Waals surface area contributed by atoms with Gasteiger partial charge in [-0.1, -0.05) is 12.1 Å². The molecule has 1 aliphatic heterocycles. The van der Waals surface area contributed by atoms with E-state index in [0.717, 1.165) is 11.3 Å². The second-order valence-electron chi connectivity index (χ2n) is 5.27. The molecule has 2 amide bonds. The van der Waals surface area contributed by atoms with E-state index in [1.165, 1.54) is 7.11 Å². The van der Waals surface area contributed by atoms with Crippen molar-refractivity contribution in [1.29, 1.82) is 0 Å². The number of alkyl carbamates (subject to hydrolysis) is 1. The summed E-state index contributed by atoms with van der Waals surface area (Å²) >= 11 is 0. The Hall–Kier alpha value is -2.24. The third kappa shape index (κ3) is 3.26. The second-order valence-corrected chi connectivity index (χ2v) is 5.27. The topological polar surface area (TPSA) is 67.9 Å². The molecule has 0 aromatic heterocycles. The highest BCUT2D eigenvalue weighted by atomic mass is 16.5. The summed E-state index contributed by atoms with van der Waals surface area (Å²) in [5.74, 6) is 0.687. The van der Waals surface area contributed by atoms with E-state index < -0.39 is 11.6 Å². The molecule has 1 aromatic rings. The minimum atomic E-state index is -0.889. The van der Waals surface area contributed by atoms with Crippen LogP contribution in [-0.4, -0.2) is 43.2 Å². The van der Waals surface area contributed by atoms with Crippen LogP contribution < -0.4 is 10.1 Å². The molecule has 21 heavy (non-hydrogen) atoms. The van der Waals surface area contributed by atoms with E-state index in [1.807, 2.05) is 24.3 Å². The monoisotopic (exact) mass is 292 g/mol. The van der Waals surface area contributed by atoms with Crippen LogP contribution in [0, 0.1) is 0 Å². The third-order valence-corrected chi connectivity index (χ3v) is 3.74. The van der Waals surface area contributed by atoms with Crippen LogP contribution in [0.3, 0.4) is 0 Å². The minimum Gasteiger partial charge on any atom is -0.497 e. The summed E-state index contributed by atoms with van der Waals surface area (Å²) in [6, 6.07) is 7.58. The predicted molar refractivity (Wildman–Crippen MR) is 77.0 cm³/mol. The van der Waals surface area contributed by atoms with Gasteiger partial charge in [0.2, 0.25) is 5.91 Å². The molecule has 114 valence electrons. The average molecular weight is 292 g/mol. The highest BCUT2D eigenvalue weighted by Gasteiger charge is 2.44. The predicted octanol–water partition coefficient (Wildman–Crippen LogP) is 1.54. The zero-order valence-electron chi connectivity index (χ0n) is 12.5. The number of hydrogen-bond acceptors (Lipinski definition) is 4. The van der Waals surface area contributed by atoms with Crippen LogP contribution in [0.15, 0.2) is 24.3 Å². The zero-order chi connectivity index (χ0) is 15.5. The number of nitrogens with zero attached hydrogens (tertiary/aromatic N) is 1. The lowest BCUT2D eigenvalue weighted by Crippen LogP contribution is -2.51. The number of carbonyl (C=O) groups is 2. The second kappa shape index (κ2) is 6.03. The van der Waals surface area contributed by atoms with E-state index in [0.29, 0.717) is 19.5 Å². The molecule has 1 aromatic carbocycles. The molecular formula is C15H20N2O4. The molecule has 6 nitrogen and oxygen atoms in total. The van der Waals surface area contributed by atoms with Gasteiger partial charge in [-0.05, 0) is 31.0 Å². The summed E-state index contributed by atoms with van der Waals surface area (Å²) in [6.07, 6.45) is -0.0194. The first-order chi connectivity index (χ1) is 9.98. The van der Waals surface area contributed by atoms with Gasteiger partial charge < -0.3 is 19.7 Å². The Kier molecular flexibility index (Phi) is 4.35. The standard InChI is InChI=1S/C15H20N2O4/c1-15(16-14(19)21-3)8-9-17(13(15)18)10-11-4-6-12(20-2)7-5-11/h4-7H,8-10H2,1-3H3,(H,16,19). The molecule has 0 aliphatic carbocycles. The van der Waals surface area contributed by atoms with Crippen LogP contribution in [0.2, 0.25) is 0 Å². The summed E-state index contributed by atoms with van der Waals surface area (Å²) in [6.45, 7) is 2.84. The molecule has 1 unspecified atom stereocenters. The number of rotatable bonds is 4. The highest BCUT2D eigenvalue weighted by Crippen LogP contribution is 2.25. The molecule has 0 radical (unpaired) electrons. The third-order valence-electron chi connectivity index (χ3n) is 3.74. The van der Waals surface area contributed by atoms with Gasteiger partial charge in [0, 0.05) is 13.1 Å². The summed E-state index contributed by atoms with van der Waals surface area (Å²) < 4.78 is 9.68. The minimum absolute atomic E-state index is 0.0938. The Balaban J connectivity index is 2.02. The van der Waals surface area contributed by atoms with E-state index in [4.69, 9.17) is 4.74 Å². The van der Waals surface area contributed by atoms with Gasteiger partial charge >= 0.3 is 6.09 Å². The fourth-order valence-corrected chi connectivity index (χ4v) is 2.41. The summed E-state index contributed by atoms with van der Waals surface area (Å²) in [5.41, 5.74) is 0.131. The molecule has 1 atom stereocenters. The van der Waals surface area contributed by atoms with E-state index in [1.54, 1.807) is 18.9 Å². The fraction of sp³-hybridized carbons (Fsp3) is 0.467. The summed E-state index contributed by atoms with van der Waals surface area (Å²) in [5, 5.41) is 2.62. The van der Waals surface area contributed by atoms with Gasteiger partial charge in [0.25, 0.3) is 0 Å². The summed E-state index contributed by atoms with van der Waals surface area (Å²) in [7, 11) is 2.90. The molecule has 6 heteroatoms. The Morgan fingerprint density at radius 2 is 2.00 bits per heavy atom. The Bertz CT molecular complexity index is 529. The smallest absolute Gasteiger partial charge is 0.407 e. The van der Waals surface area contributed by atoms with Crippen LogP contribution in [0.25, 0.3) is 0 Å². The quantitative estimate of drug-likeness (QED) is 0.914. The SMILES string of the molecule is COC(=O)NC1(C)CCN(Cc2ccc(OC)cc2)C1=O. The van der Waals surface area contributed by atoms with Crippen molar-refractivity contribution in [3.05, 3.63) is 29.8 Å². The number of benzene rings is 1. The molecular weight excluding hydrogens is 272 g/mol. The van der Waals surface area contributed by atoms with Crippen molar-refractivity contribution in [2.45, 2.75) is 25.4 Å². The number of likely N-dealkylation sites (tertiary alicyclic amines) is 1. The van der Waals surface area contributed by atoms with E-state index in [-0.39, 0.29) is 5.91 Å². The van der Waals surface area contributed by atoms with Crippen LogP contribution in [-0.2, 0) is 16.1 Å². The molecule has 0 bridgehead atoms. The highest BCUT2D eigenvalue weighted by molar-refractivity contribution is 5.91. The zero-order valence-corrected chi connectivity index (χ0v) is 12.5. The molecule has 1 aliphatic rings. The maximum atomic E-state index is 12.4. The van der Waals surface area contributed by atoms with Gasteiger partial charge in [0.05, 0.1) is 14.2 Å². The first-order valence-corrected chi connectivity index (χ1v) is 6.77. The van der Waals surface area contributed by atoms with Gasteiger partial charge in [-0.2, -0.15) is 0 Å². The average Bonchev–Trinajstić information content (AvgIpc) is 2.76. The first-order valence-electron chi connectivity index (χ1n) is 6.77. The van der Waals surface area contributed by atoms with Crippen molar-refractivity contribution in [3.8, 4) is 5.75 Å². The van der Waals surface area contributed by atoms with Gasteiger partial charge in [-0.15, -0.1) is 0 Å². The van der Waals surface area contributed by atoms with Gasteiger partial charge in [-0.25, -0.2) is 4.79 Å². The van der Waals surface area contributed by atoms with Crippen molar-refractivity contribution < 1.29 is 19.1 Å². The number of hydrogen-bond donors (Lipinski definition) is 1. The Labute approximate surface area is 124 Å². The Morgan fingerprint density at radius 1 is 1.33 bits per heavy atom. The molecule has 1 heterocycles. The van der Waals surface area contributed by atoms with Gasteiger partial charge in [0.15, 0.2) is 0 Å². The Morgan fingerprint density at radius 3 is 2.57 bits per heavy atom. The van der Waals surface area contributed by atoms with Crippen molar-refractivity contribution >= 4 is 12.0 Å². The van der Waals surface area contributed by atoms with Gasteiger partial charge in [-0.3, -0.25) is 4.79 Å². The van der Waals surface area contributed by atoms with E-state index in [2.05, 4.69) is 10.1 Å².